The average Bonchev–Trinajstić information content (AvgIpc) is 2.79. The first-order valence-corrected chi connectivity index (χ1v) is 8.00. The summed E-state index contributed by atoms with van der Waals surface area (Å²) in [6, 6.07) is 5.84. The Morgan fingerprint density at radius 1 is 1.00 bits per heavy atom. The van der Waals surface area contributed by atoms with E-state index >= 15 is 0 Å². The summed E-state index contributed by atoms with van der Waals surface area (Å²) in [5.74, 6) is 0. The Morgan fingerprint density at radius 3 is 2.61 bits per heavy atom. The number of nitrogens with zero attached hydrogens (tertiary/aromatic N) is 3. The van der Waals surface area contributed by atoms with Crippen LogP contribution in [-0.2, 0) is 12.7 Å². The van der Waals surface area contributed by atoms with E-state index in [2.05, 4.69) is 16.8 Å². The Balaban J connectivity index is 1.72. The monoisotopic (exact) mass is 325 g/mol. The highest BCUT2D eigenvalue weighted by atomic mass is 19.4. The van der Waals surface area contributed by atoms with Crippen molar-refractivity contribution in [3.63, 3.8) is 0 Å². The van der Waals surface area contributed by atoms with Gasteiger partial charge in [-0.25, -0.2) is 0 Å². The molecule has 0 radical (unpaired) electrons. The van der Waals surface area contributed by atoms with Crippen LogP contribution in [0.15, 0.2) is 30.5 Å². The summed E-state index contributed by atoms with van der Waals surface area (Å²) >= 11 is 0. The van der Waals surface area contributed by atoms with E-state index in [1.165, 1.54) is 6.07 Å². The second-order valence-electron chi connectivity index (χ2n) is 6.28. The molecule has 0 bridgehead atoms. The molecule has 0 unspecified atom stereocenters. The Hall–Kier alpha value is -1.53. The largest absolute Gasteiger partial charge is 0.416 e. The Labute approximate surface area is 134 Å². The Morgan fingerprint density at radius 2 is 1.83 bits per heavy atom. The van der Waals surface area contributed by atoms with Crippen LogP contribution in [0, 0.1) is 0 Å². The predicted molar refractivity (Wildman–Crippen MR) is 85.5 cm³/mol. The smallest absolute Gasteiger partial charge is 0.346 e. The first-order valence-electron chi connectivity index (χ1n) is 8.00. The summed E-state index contributed by atoms with van der Waals surface area (Å²) < 4.78 is 40.6. The maximum atomic E-state index is 12.9. The number of hydrogen-bond acceptors (Lipinski definition) is 2. The first-order chi connectivity index (χ1) is 10.9. The molecule has 0 aliphatic carbocycles. The van der Waals surface area contributed by atoms with Crippen LogP contribution in [0.4, 0.5) is 13.2 Å². The van der Waals surface area contributed by atoms with Gasteiger partial charge in [0.15, 0.2) is 0 Å². The fraction of sp³-hybridized carbons (Fsp3) is 0.529. The van der Waals surface area contributed by atoms with Crippen LogP contribution in [0.2, 0.25) is 0 Å². The molecule has 2 aromatic rings. The van der Waals surface area contributed by atoms with Gasteiger partial charge in [-0.1, -0.05) is 6.07 Å². The van der Waals surface area contributed by atoms with Crippen molar-refractivity contribution in [1.29, 1.82) is 0 Å². The van der Waals surface area contributed by atoms with E-state index in [1.807, 2.05) is 16.8 Å². The highest BCUT2D eigenvalue weighted by Crippen LogP contribution is 2.31. The van der Waals surface area contributed by atoms with Gasteiger partial charge < -0.3 is 14.4 Å². The lowest BCUT2D eigenvalue weighted by Gasteiger charge is -2.20. The number of alkyl halides is 3. The number of halogens is 3. The fourth-order valence-electron chi connectivity index (χ4n) is 3.13. The van der Waals surface area contributed by atoms with Crippen molar-refractivity contribution in [2.45, 2.75) is 19.1 Å². The second-order valence-corrected chi connectivity index (χ2v) is 6.28. The fourth-order valence-corrected chi connectivity index (χ4v) is 3.13. The normalized spacial score (nSPS) is 18.4. The molecule has 3 rings (SSSR count). The minimum atomic E-state index is -4.29. The van der Waals surface area contributed by atoms with E-state index in [0.717, 1.165) is 50.6 Å². The van der Waals surface area contributed by atoms with Crippen LogP contribution in [0.5, 0.6) is 0 Å². The molecule has 126 valence electrons. The summed E-state index contributed by atoms with van der Waals surface area (Å²) in [5.41, 5.74) is 0.0770. The topological polar surface area (TPSA) is 11.4 Å². The van der Waals surface area contributed by atoms with E-state index in [0.29, 0.717) is 12.1 Å². The highest BCUT2D eigenvalue weighted by molar-refractivity contribution is 5.81. The Bertz CT molecular complexity index is 663. The number of aromatic nitrogens is 1. The molecule has 1 aromatic heterocycles. The van der Waals surface area contributed by atoms with Gasteiger partial charge in [0.25, 0.3) is 0 Å². The van der Waals surface area contributed by atoms with Gasteiger partial charge in [-0.2, -0.15) is 13.2 Å². The summed E-state index contributed by atoms with van der Waals surface area (Å²) in [6.07, 6.45) is -1.27. The molecular formula is C17H22F3N3. The van der Waals surface area contributed by atoms with Crippen molar-refractivity contribution >= 4 is 10.9 Å². The summed E-state index contributed by atoms with van der Waals surface area (Å²) in [4.78, 5) is 4.71. The molecule has 3 nitrogen and oxygen atoms in total. The molecule has 0 saturated carbocycles. The van der Waals surface area contributed by atoms with Crippen LogP contribution in [0.25, 0.3) is 10.9 Å². The van der Waals surface area contributed by atoms with E-state index in [9.17, 15) is 13.2 Å². The molecule has 0 N–H and O–H groups in total. The first kappa shape index (κ1) is 16.3. The van der Waals surface area contributed by atoms with Crippen LogP contribution in [-0.4, -0.2) is 54.1 Å². The van der Waals surface area contributed by atoms with Crippen molar-refractivity contribution in [2.75, 3.05) is 39.8 Å². The van der Waals surface area contributed by atoms with Gasteiger partial charge >= 0.3 is 6.18 Å². The molecule has 1 aliphatic rings. The molecule has 1 aliphatic heterocycles. The summed E-state index contributed by atoms with van der Waals surface area (Å²) in [7, 11) is 2.13. The molecule has 1 aromatic carbocycles. The SMILES string of the molecule is CN1CCCN(CCn2ccc3ccc(C(F)(F)F)cc32)CC1. The molecule has 0 atom stereocenters. The van der Waals surface area contributed by atoms with Crippen LogP contribution >= 0.6 is 0 Å². The zero-order valence-electron chi connectivity index (χ0n) is 13.3. The third-order valence-corrected chi connectivity index (χ3v) is 4.57. The molecule has 1 saturated heterocycles. The van der Waals surface area contributed by atoms with Gasteiger partial charge in [-0.3, -0.25) is 0 Å². The predicted octanol–water partition coefficient (Wildman–Crippen LogP) is 3.30. The molecule has 2 heterocycles. The van der Waals surface area contributed by atoms with Crippen molar-refractivity contribution in [1.82, 2.24) is 14.4 Å². The van der Waals surface area contributed by atoms with Crippen LogP contribution in [0.3, 0.4) is 0 Å². The molecule has 6 heteroatoms. The third kappa shape index (κ3) is 3.87. The van der Waals surface area contributed by atoms with E-state index in [4.69, 9.17) is 0 Å². The molecule has 0 amide bonds. The lowest BCUT2D eigenvalue weighted by molar-refractivity contribution is -0.137. The standard InChI is InChI=1S/C17H22F3N3/c1-21-6-2-7-22(10-9-21)11-12-23-8-5-14-3-4-15(13-16(14)23)17(18,19)20/h3-5,8,13H,2,6-7,9-12H2,1H3. The van der Waals surface area contributed by atoms with Gasteiger partial charge in [0.05, 0.1) is 5.56 Å². The minimum Gasteiger partial charge on any atom is -0.346 e. The summed E-state index contributed by atoms with van der Waals surface area (Å²) in [6.45, 7) is 5.81. The van der Waals surface area contributed by atoms with E-state index < -0.39 is 11.7 Å². The quantitative estimate of drug-likeness (QED) is 0.858. The van der Waals surface area contributed by atoms with Gasteiger partial charge in [0, 0.05) is 37.9 Å². The van der Waals surface area contributed by atoms with Gasteiger partial charge in [0.2, 0.25) is 0 Å². The number of likely N-dealkylation sites (N-methyl/N-ethyl adjacent to an activating group) is 1. The average molecular weight is 325 g/mol. The Kier molecular flexibility index (Phi) is 4.64. The van der Waals surface area contributed by atoms with Gasteiger partial charge in [-0.05, 0) is 50.1 Å². The third-order valence-electron chi connectivity index (χ3n) is 4.57. The maximum Gasteiger partial charge on any atom is 0.416 e. The molecule has 0 spiro atoms. The van der Waals surface area contributed by atoms with Crippen LogP contribution in [0.1, 0.15) is 12.0 Å². The second kappa shape index (κ2) is 6.53. The maximum absolute atomic E-state index is 12.9. The number of rotatable bonds is 3. The van der Waals surface area contributed by atoms with E-state index in [-0.39, 0.29) is 0 Å². The lowest BCUT2D eigenvalue weighted by Crippen LogP contribution is -2.31. The van der Waals surface area contributed by atoms with E-state index in [1.54, 1.807) is 6.07 Å². The number of hydrogen-bond donors (Lipinski definition) is 0. The molecule has 23 heavy (non-hydrogen) atoms. The lowest BCUT2D eigenvalue weighted by atomic mass is 10.1. The van der Waals surface area contributed by atoms with Crippen molar-refractivity contribution in [3.05, 3.63) is 36.0 Å². The number of benzene rings is 1. The minimum absolute atomic E-state index is 0.582. The zero-order chi connectivity index (χ0) is 16.4. The highest BCUT2D eigenvalue weighted by Gasteiger charge is 2.30. The van der Waals surface area contributed by atoms with Crippen molar-refractivity contribution in [2.24, 2.45) is 0 Å². The zero-order valence-corrected chi connectivity index (χ0v) is 13.3. The van der Waals surface area contributed by atoms with Gasteiger partial charge in [0.1, 0.15) is 0 Å². The van der Waals surface area contributed by atoms with Crippen LogP contribution < -0.4 is 0 Å². The van der Waals surface area contributed by atoms with Crippen molar-refractivity contribution in [3.8, 4) is 0 Å². The molecular weight excluding hydrogens is 303 g/mol. The van der Waals surface area contributed by atoms with Crippen molar-refractivity contribution < 1.29 is 13.2 Å². The number of fused-ring (bicyclic) bond motifs is 1. The summed E-state index contributed by atoms with van der Waals surface area (Å²) in [5, 5.41) is 0.855. The van der Waals surface area contributed by atoms with Gasteiger partial charge in [-0.15, -0.1) is 0 Å². The molecule has 1 fully saturated rings.